The van der Waals surface area contributed by atoms with Crippen molar-refractivity contribution in [3.63, 3.8) is 0 Å². The van der Waals surface area contributed by atoms with Gasteiger partial charge in [0.15, 0.2) is 0 Å². The molecule has 0 aliphatic carbocycles. The number of ether oxygens (including phenoxy) is 3. The smallest absolute Gasteiger partial charge is 0.278 e. The van der Waals surface area contributed by atoms with E-state index in [2.05, 4.69) is 10.3 Å². The predicted octanol–water partition coefficient (Wildman–Crippen LogP) is 1.85. The molecule has 21 heavy (non-hydrogen) atoms. The lowest BCUT2D eigenvalue weighted by Gasteiger charge is -2.08. The highest BCUT2D eigenvalue weighted by Crippen LogP contribution is 2.21. The van der Waals surface area contributed by atoms with Crippen LogP contribution < -0.4 is 10.1 Å². The molecule has 0 aromatic carbocycles. The summed E-state index contributed by atoms with van der Waals surface area (Å²) in [4.78, 5) is 14.5. The summed E-state index contributed by atoms with van der Waals surface area (Å²) < 4.78 is 15.6. The van der Waals surface area contributed by atoms with Gasteiger partial charge in [0.2, 0.25) is 5.88 Å². The Kier molecular flexibility index (Phi) is 8.07. The Labute approximate surface area is 123 Å². The first-order chi connectivity index (χ1) is 10.2. The zero-order valence-electron chi connectivity index (χ0n) is 12.3. The molecule has 0 bridgehead atoms. The Morgan fingerprint density at radius 1 is 1.29 bits per heavy atom. The van der Waals surface area contributed by atoms with E-state index in [4.69, 9.17) is 14.2 Å². The molecule has 0 aliphatic rings. The average Bonchev–Trinajstić information content (AvgIpc) is 2.46. The van der Waals surface area contributed by atoms with Crippen LogP contribution in [0.2, 0.25) is 0 Å². The first-order valence-corrected chi connectivity index (χ1v) is 6.77. The van der Waals surface area contributed by atoms with E-state index in [0.29, 0.717) is 32.2 Å². The number of nitrogens with one attached hydrogen (secondary N) is 1. The lowest BCUT2D eigenvalue weighted by atomic mass is 10.4. The second-order valence-corrected chi connectivity index (χ2v) is 4.14. The fourth-order valence-corrected chi connectivity index (χ4v) is 1.56. The van der Waals surface area contributed by atoms with Crippen LogP contribution in [0.5, 0.6) is 5.88 Å². The Balaban J connectivity index is 2.44. The summed E-state index contributed by atoms with van der Waals surface area (Å²) in [5.41, 5.74) is -0.0584. The quantitative estimate of drug-likeness (QED) is 0.378. The Bertz CT molecular complexity index is 442. The molecule has 8 nitrogen and oxygen atoms in total. The molecule has 0 fully saturated rings. The van der Waals surface area contributed by atoms with Crippen LogP contribution in [0.15, 0.2) is 12.1 Å². The Hall–Kier alpha value is -1.93. The number of anilines is 1. The van der Waals surface area contributed by atoms with Gasteiger partial charge < -0.3 is 19.5 Å². The van der Waals surface area contributed by atoms with Gasteiger partial charge in [-0.1, -0.05) is 0 Å². The fourth-order valence-electron chi connectivity index (χ4n) is 1.56. The minimum Gasteiger partial charge on any atom is -0.475 e. The highest BCUT2D eigenvalue weighted by molar-refractivity contribution is 5.48. The SMILES string of the molecule is CCNc1cc([N+](=O)[O-])cc(OCCOCCCOC)n1. The highest BCUT2D eigenvalue weighted by atomic mass is 16.6. The van der Waals surface area contributed by atoms with Crippen LogP contribution in [0, 0.1) is 10.1 Å². The Morgan fingerprint density at radius 3 is 2.76 bits per heavy atom. The zero-order valence-corrected chi connectivity index (χ0v) is 12.3. The molecule has 1 heterocycles. The number of pyridine rings is 1. The van der Waals surface area contributed by atoms with E-state index in [-0.39, 0.29) is 18.2 Å². The molecule has 0 radical (unpaired) electrons. The van der Waals surface area contributed by atoms with E-state index in [1.54, 1.807) is 7.11 Å². The molecule has 8 heteroatoms. The van der Waals surface area contributed by atoms with Gasteiger partial charge in [-0.2, -0.15) is 4.98 Å². The summed E-state index contributed by atoms with van der Waals surface area (Å²) in [6, 6.07) is 2.67. The van der Waals surface area contributed by atoms with Gasteiger partial charge in [0, 0.05) is 26.9 Å². The zero-order chi connectivity index (χ0) is 15.5. The van der Waals surface area contributed by atoms with E-state index in [0.717, 1.165) is 6.42 Å². The summed E-state index contributed by atoms with van der Waals surface area (Å²) in [6.45, 7) is 4.42. The molecule has 0 aliphatic heterocycles. The third-order valence-corrected chi connectivity index (χ3v) is 2.47. The molecular formula is C13H21N3O5. The molecule has 118 valence electrons. The molecule has 1 rings (SSSR count). The molecule has 1 aromatic heterocycles. The second-order valence-electron chi connectivity index (χ2n) is 4.14. The third-order valence-electron chi connectivity index (χ3n) is 2.47. The molecule has 1 aromatic rings. The molecule has 0 atom stereocenters. The summed E-state index contributed by atoms with van der Waals surface area (Å²) >= 11 is 0. The van der Waals surface area contributed by atoms with Crippen molar-refractivity contribution in [1.29, 1.82) is 0 Å². The second kappa shape index (κ2) is 9.89. The normalized spacial score (nSPS) is 10.4. The largest absolute Gasteiger partial charge is 0.475 e. The minimum absolute atomic E-state index is 0.0584. The standard InChI is InChI=1S/C13H21N3O5/c1-3-14-12-9-11(16(17)18)10-13(15-12)21-8-7-20-6-4-5-19-2/h9-10H,3-8H2,1-2H3,(H,14,15). The van der Waals surface area contributed by atoms with Crippen LogP contribution in [0.25, 0.3) is 0 Å². The molecule has 0 saturated heterocycles. The third kappa shape index (κ3) is 6.87. The van der Waals surface area contributed by atoms with Crippen LogP contribution in [-0.4, -0.2) is 50.0 Å². The lowest BCUT2D eigenvalue weighted by molar-refractivity contribution is -0.384. The van der Waals surface area contributed by atoms with Gasteiger partial charge in [-0.3, -0.25) is 10.1 Å². The number of methoxy groups -OCH3 is 1. The number of aromatic nitrogens is 1. The Morgan fingerprint density at radius 2 is 2.10 bits per heavy atom. The molecular weight excluding hydrogens is 278 g/mol. The first-order valence-electron chi connectivity index (χ1n) is 6.77. The predicted molar refractivity (Wildman–Crippen MR) is 77.9 cm³/mol. The maximum absolute atomic E-state index is 10.8. The van der Waals surface area contributed by atoms with Gasteiger partial charge in [0.05, 0.1) is 23.7 Å². The summed E-state index contributed by atoms with van der Waals surface area (Å²) in [6.07, 6.45) is 0.816. The van der Waals surface area contributed by atoms with Crippen molar-refractivity contribution in [2.75, 3.05) is 45.4 Å². The van der Waals surface area contributed by atoms with Crippen molar-refractivity contribution in [2.45, 2.75) is 13.3 Å². The molecule has 0 amide bonds. The van der Waals surface area contributed by atoms with Gasteiger partial charge in [-0.25, -0.2) is 0 Å². The average molecular weight is 299 g/mol. The van der Waals surface area contributed by atoms with Crippen molar-refractivity contribution in [3.8, 4) is 5.88 Å². The highest BCUT2D eigenvalue weighted by Gasteiger charge is 2.11. The number of rotatable bonds is 11. The van der Waals surface area contributed by atoms with Gasteiger partial charge in [-0.05, 0) is 13.3 Å². The van der Waals surface area contributed by atoms with E-state index in [9.17, 15) is 10.1 Å². The maximum atomic E-state index is 10.8. The summed E-state index contributed by atoms with van der Waals surface area (Å²) in [7, 11) is 1.64. The van der Waals surface area contributed by atoms with Crippen molar-refractivity contribution >= 4 is 11.5 Å². The monoisotopic (exact) mass is 299 g/mol. The van der Waals surface area contributed by atoms with E-state index >= 15 is 0 Å². The van der Waals surface area contributed by atoms with Crippen molar-refractivity contribution in [2.24, 2.45) is 0 Å². The van der Waals surface area contributed by atoms with Gasteiger partial charge in [-0.15, -0.1) is 0 Å². The first kappa shape index (κ1) is 17.1. The number of hydrogen-bond acceptors (Lipinski definition) is 7. The molecule has 1 N–H and O–H groups in total. The van der Waals surface area contributed by atoms with Crippen LogP contribution in [-0.2, 0) is 9.47 Å². The van der Waals surface area contributed by atoms with Gasteiger partial charge in [0.25, 0.3) is 5.69 Å². The van der Waals surface area contributed by atoms with E-state index in [1.807, 2.05) is 6.92 Å². The van der Waals surface area contributed by atoms with Crippen molar-refractivity contribution < 1.29 is 19.1 Å². The number of nitrogens with zero attached hydrogens (tertiary/aromatic N) is 2. The maximum Gasteiger partial charge on any atom is 0.278 e. The number of hydrogen-bond donors (Lipinski definition) is 1. The van der Waals surface area contributed by atoms with Crippen molar-refractivity contribution in [3.05, 3.63) is 22.2 Å². The summed E-state index contributed by atoms with van der Waals surface area (Å²) in [5.74, 6) is 0.628. The van der Waals surface area contributed by atoms with Crippen LogP contribution in [0.1, 0.15) is 13.3 Å². The number of nitro groups is 1. The van der Waals surface area contributed by atoms with Crippen LogP contribution >= 0.6 is 0 Å². The van der Waals surface area contributed by atoms with E-state index < -0.39 is 4.92 Å². The van der Waals surface area contributed by atoms with Crippen LogP contribution in [0.3, 0.4) is 0 Å². The fraction of sp³-hybridized carbons (Fsp3) is 0.615. The van der Waals surface area contributed by atoms with Gasteiger partial charge in [0.1, 0.15) is 12.4 Å². The molecule has 0 saturated carbocycles. The topological polar surface area (TPSA) is 95.8 Å². The minimum atomic E-state index is -0.476. The van der Waals surface area contributed by atoms with Gasteiger partial charge >= 0.3 is 0 Å². The lowest BCUT2D eigenvalue weighted by Crippen LogP contribution is -2.10. The summed E-state index contributed by atoms with van der Waals surface area (Å²) in [5, 5.41) is 13.8. The molecule has 0 spiro atoms. The molecule has 0 unspecified atom stereocenters. The van der Waals surface area contributed by atoms with E-state index in [1.165, 1.54) is 12.1 Å². The van der Waals surface area contributed by atoms with Crippen molar-refractivity contribution in [1.82, 2.24) is 4.98 Å². The van der Waals surface area contributed by atoms with Crippen LogP contribution in [0.4, 0.5) is 11.5 Å².